The highest BCUT2D eigenvalue weighted by atomic mass is 16.6. The molecule has 16 nitrogen and oxygen atoms in total. The van der Waals surface area contributed by atoms with Crippen molar-refractivity contribution in [2.75, 3.05) is 13.2 Å². The van der Waals surface area contributed by atoms with Crippen LogP contribution in [0, 0.1) is 0 Å². The third-order valence-electron chi connectivity index (χ3n) is 6.54. The molecule has 0 aromatic heterocycles. The van der Waals surface area contributed by atoms with Gasteiger partial charge < -0.3 is 64.9 Å². The van der Waals surface area contributed by atoms with E-state index in [0.29, 0.717) is 0 Å². The van der Waals surface area contributed by atoms with Gasteiger partial charge in [0.15, 0.2) is 46.7 Å². The lowest BCUT2D eigenvalue weighted by molar-refractivity contribution is -0.196. The number of aliphatic hydroxyl groups is 2. The molecule has 4 rings (SSSR count). The van der Waals surface area contributed by atoms with Crippen LogP contribution in [0.15, 0.2) is 42.5 Å². The third-order valence-corrected chi connectivity index (χ3v) is 6.54. The molecule has 1 fully saturated rings. The van der Waals surface area contributed by atoms with Gasteiger partial charge in [-0.1, -0.05) is 0 Å². The highest BCUT2D eigenvalue weighted by molar-refractivity contribution is 5.92. The van der Waals surface area contributed by atoms with E-state index in [1.807, 2.05) is 0 Å². The summed E-state index contributed by atoms with van der Waals surface area (Å²) in [6.07, 6.45) is -6.42. The number of carbonyl (C=O) groups excluding carboxylic acids is 3. The number of carbonyl (C=O) groups is 3. The van der Waals surface area contributed by atoms with Gasteiger partial charge in [-0.15, -0.1) is 0 Å². The smallest absolute Gasteiger partial charge is 0.338 e. The average molecular weight is 619 g/mol. The van der Waals surface area contributed by atoms with Crippen molar-refractivity contribution >= 4 is 17.9 Å². The van der Waals surface area contributed by atoms with Gasteiger partial charge in [-0.05, 0) is 42.5 Å². The molecule has 1 aliphatic rings. The second kappa shape index (κ2) is 12.8. The fourth-order valence-electron chi connectivity index (χ4n) is 4.16. The zero-order chi connectivity index (χ0) is 32.3. The number of rotatable bonds is 8. The Labute approximate surface area is 246 Å². The van der Waals surface area contributed by atoms with Gasteiger partial charge in [0.2, 0.25) is 0 Å². The molecule has 234 valence electrons. The van der Waals surface area contributed by atoms with Crippen LogP contribution in [0.25, 0.3) is 0 Å². The van der Waals surface area contributed by atoms with E-state index in [-0.39, 0.29) is 22.4 Å². The maximum Gasteiger partial charge on any atom is 0.338 e. The minimum Gasteiger partial charge on any atom is -0.508 e. The van der Waals surface area contributed by atoms with Gasteiger partial charge >= 0.3 is 17.9 Å². The van der Waals surface area contributed by atoms with Gasteiger partial charge in [0.05, 0.1) is 29.9 Å². The first-order chi connectivity index (χ1) is 20.8. The number of phenolic OH excluding ortho intramolecular Hbond substituents is 6. The molecule has 4 atom stereocenters. The van der Waals surface area contributed by atoms with E-state index >= 15 is 0 Å². The van der Waals surface area contributed by atoms with Gasteiger partial charge in [0.1, 0.15) is 24.6 Å². The van der Waals surface area contributed by atoms with Crippen LogP contribution in [-0.2, 0) is 25.6 Å². The van der Waals surface area contributed by atoms with Crippen LogP contribution < -0.4 is 0 Å². The Balaban J connectivity index is 1.55. The lowest BCUT2D eigenvalue weighted by Crippen LogP contribution is -2.57. The molecule has 16 heteroatoms. The Kier molecular flexibility index (Phi) is 9.17. The van der Waals surface area contributed by atoms with Crippen molar-refractivity contribution in [1.29, 1.82) is 0 Å². The molecule has 3 aromatic carbocycles. The lowest BCUT2D eigenvalue weighted by atomic mass is 9.99. The number of esters is 3. The summed E-state index contributed by atoms with van der Waals surface area (Å²) >= 11 is 0. The second-order valence-corrected chi connectivity index (χ2v) is 9.50. The van der Waals surface area contributed by atoms with Gasteiger partial charge in [-0.25, -0.2) is 14.4 Å². The summed E-state index contributed by atoms with van der Waals surface area (Å²) < 4.78 is 21.3. The summed E-state index contributed by atoms with van der Waals surface area (Å²) in [6, 6.07) is 6.59. The number of aliphatic hydroxyl groups excluding tert-OH is 2. The van der Waals surface area contributed by atoms with E-state index in [4.69, 9.17) is 18.9 Å². The van der Waals surface area contributed by atoms with E-state index < -0.39 is 102 Å². The number of ether oxygens (including phenoxy) is 4. The molecule has 0 spiro atoms. The first-order valence-corrected chi connectivity index (χ1v) is 12.6. The van der Waals surface area contributed by atoms with Gasteiger partial charge in [0.25, 0.3) is 0 Å². The molecule has 0 saturated carbocycles. The third kappa shape index (κ3) is 6.62. The molecular formula is C28H26O16. The van der Waals surface area contributed by atoms with Crippen LogP contribution in [-0.4, -0.2) is 101 Å². The Morgan fingerprint density at radius 3 is 1.77 bits per heavy atom. The predicted octanol–water partition coefficient (Wildman–Crippen LogP) is 0.486. The van der Waals surface area contributed by atoms with Crippen LogP contribution in [0.4, 0.5) is 0 Å². The molecular weight excluding hydrogens is 592 g/mol. The molecule has 1 heterocycles. The zero-order valence-electron chi connectivity index (χ0n) is 22.4. The van der Waals surface area contributed by atoms with E-state index in [0.717, 1.165) is 42.5 Å². The van der Waals surface area contributed by atoms with Gasteiger partial charge in [-0.3, -0.25) is 0 Å². The molecule has 4 unspecified atom stereocenters. The summed E-state index contributed by atoms with van der Waals surface area (Å²) in [5.74, 6) is -8.76. The standard InChI is InChI=1S/C28H26O16/c29-8-14-3-11(1-2-15(14)30)27(39)44-25-21(43-28(40)13-6-18(33)23(36)19(34)7-13)10-41-20(24(25)37)9-42-26(38)12-4-16(31)22(35)17(32)5-12/h1-7,20-21,24-25,29-37H,8-10H2. The number of hydrogen-bond donors (Lipinski definition) is 9. The SMILES string of the molecule is O=C(OCC1OCC(OC(=O)c2cc(O)c(O)c(O)c2)C(OC(=O)c2ccc(O)c(CO)c2)C1O)c1cc(O)c(O)c(O)c1. The van der Waals surface area contributed by atoms with Crippen molar-refractivity contribution in [3.05, 3.63) is 64.7 Å². The fourth-order valence-corrected chi connectivity index (χ4v) is 4.16. The van der Waals surface area contributed by atoms with Crippen LogP contribution in [0.1, 0.15) is 36.6 Å². The first kappa shape index (κ1) is 31.5. The normalized spacial score (nSPS) is 19.6. The average Bonchev–Trinajstić information content (AvgIpc) is 2.99. The lowest BCUT2D eigenvalue weighted by Gasteiger charge is -2.38. The maximum absolute atomic E-state index is 13.0. The highest BCUT2D eigenvalue weighted by Gasteiger charge is 2.45. The number of hydrogen-bond acceptors (Lipinski definition) is 16. The molecule has 0 aliphatic carbocycles. The van der Waals surface area contributed by atoms with Crippen molar-refractivity contribution < 1.29 is 79.3 Å². The maximum atomic E-state index is 13.0. The Morgan fingerprint density at radius 1 is 0.705 bits per heavy atom. The Morgan fingerprint density at radius 2 is 1.23 bits per heavy atom. The molecule has 3 aromatic rings. The molecule has 1 aliphatic heterocycles. The summed E-state index contributed by atoms with van der Waals surface area (Å²) in [4.78, 5) is 38.3. The Bertz CT molecular complexity index is 1540. The molecule has 0 amide bonds. The van der Waals surface area contributed by atoms with Crippen molar-refractivity contribution in [1.82, 2.24) is 0 Å². The minimum absolute atomic E-state index is 0.0157. The monoisotopic (exact) mass is 618 g/mol. The van der Waals surface area contributed by atoms with E-state index in [1.165, 1.54) is 0 Å². The molecule has 9 N–H and O–H groups in total. The number of aromatic hydroxyl groups is 7. The van der Waals surface area contributed by atoms with Crippen molar-refractivity contribution in [3.8, 4) is 40.2 Å². The van der Waals surface area contributed by atoms with Gasteiger partial charge in [0, 0.05) is 5.56 Å². The van der Waals surface area contributed by atoms with Crippen molar-refractivity contribution in [2.45, 2.75) is 31.0 Å². The summed E-state index contributed by atoms with van der Waals surface area (Å²) in [6.45, 7) is -1.84. The predicted molar refractivity (Wildman–Crippen MR) is 141 cm³/mol. The number of phenols is 7. The first-order valence-electron chi connectivity index (χ1n) is 12.6. The molecule has 44 heavy (non-hydrogen) atoms. The van der Waals surface area contributed by atoms with Crippen LogP contribution >= 0.6 is 0 Å². The molecule has 0 bridgehead atoms. The minimum atomic E-state index is -1.82. The van der Waals surface area contributed by atoms with Crippen molar-refractivity contribution in [2.24, 2.45) is 0 Å². The topological polar surface area (TPSA) is 270 Å². The van der Waals surface area contributed by atoms with Gasteiger partial charge in [-0.2, -0.15) is 0 Å². The van der Waals surface area contributed by atoms with E-state index in [1.54, 1.807) is 0 Å². The summed E-state index contributed by atoms with van der Waals surface area (Å²) in [5, 5.41) is 88.0. The summed E-state index contributed by atoms with van der Waals surface area (Å²) in [7, 11) is 0. The van der Waals surface area contributed by atoms with Crippen LogP contribution in [0.3, 0.4) is 0 Å². The molecule has 1 saturated heterocycles. The zero-order valence-corrected chi connectivity index (χ0v) is 22.4. The van der Waals surface area contributed by atoms with Crippen LogP contribution in [0.2, 0.25) is 0 Å². The van der Waals surface area contributed by atoms with Crippen LogP contribution in [0.5, 0.6) is 40.2 Å². The largest absolute Gasteiger partial charge is 0.508 e. The fraction of sp³-hybridized carbons (Fsp3) is 0.250. The summed E-state index contributed by atoms with van der Waals surface area (Å²) in [5.41, 5.74) is -0.984. The quantitative estimate of drug-likeness (QED) is 0.0943. The highest BCUT2D eigenvalue weighted by Crippen LogP contribution is 2.37. The number of benzene rings is 3. The second-order valence-electron chi connectivity index (χ2n) is 9.50. The van der Waals surface area contributed by atoms with Crippen molar-refractivity contribution in [3.63, 3.8) is 0 Å². The van der Waals surface area contributed by atoms with E-state index in [9.17, 15) is 60.3 Å². The van der Waals surface area contributed by atoms with E-state index in [2.05, 4.69) is 0 Å². The Hall–Kier alpha value is -5.45. The molecule has 0 radical (unpaired) electrons.